The van der Waals surface area contributed by atoms with E-state index in [9.17, 15) is 18.3 Å². The van der Waals surface area contributed by atoms with Crippen molar-refractivity contribution in [3.05, 3.63) is 53.6 Å². The molecule has 0 saturated carbocycles. The van der Waals surface area contributed by atoms with E-state index in [2.05, 4.69) is 17.2 Å². The first-order valence-corrected chi connectivity index (χ1v) is 15.0. The minimum absolute atomic E-state index is 0.00639. The molecule has 1 amide bonds. The Balaban J connectivity index is 1.58. The molecule has 2 aliphatic heterocycles. The van der Waals surface area contributed by atoms with Crippen molar-refractivity contribution in [2.75, 3.05) is 46.4 Å². The maximum atomic E-state index is 13.5. The van der Waals surface area contributed by atoms with Crippen molar-refractivity contribution in [2.24, 2.45) is 16.6 Å². The van der Waals surface area contributed by atoms with Crippen LogP contribution in [0.5, 0.6) is 0 Å². The third kappa shape index (κ3) is 6.75. The highest BCUT2D eigenvalue weighted by Gasteiger charge is 2.36. The van der Waals surface area contributed by atoms with E-state index in [-0.39, 0.29) is 29.7 Å². The van der Waals surface area contributed by atoms with Crippen LogP contribution in [0.3, 0.4) is 0 Å². The summed E-state index contributed by atoms with van der Waals surface area (Å²) in [5.41, 5.74) is 9.88. The van der Waals surface area contributed by atoms with Gasteiger partial charge >= 0.3 is 0 Å². The largest absolute Gasteiger partial charge is 0.396 e. The minimum atomic E-state index is -3.63. The Morgan fingerprint density at radius 1 is 1.15 bits per heavy atom. The molecule has 0 atom stereocenters. The van der Waals surface area contributed by atoms with Crippen LogP contribution in [0.15, 0.2) is 57.9 Å². The number of aliphatic hydroxyl groups is 1. The van der Waals surface area contributed by atoms with Crippen LogP contribution in [0.25, 0.3) is 17.2 Å². The number of aliphatic imine (C=N–C) groups is 1. The number of benzene rings is 2. The molecule has 1 saturated heterocycles. The lowest BCUT2D eigenvalue weighted by Crippen LogP contribution is -2.51. The maximum Gasteiger partial charge on any atom is 0.250 e. The number of amides is 1. The summed E-state index contributed by atoms with van der Waals surface area (Å²) < 4.78 is 27.5. The summed E-state index contributed by atoms with van der Waals surface area (Å²) in [4.78, 5) is 20.2. The van der Waals surface area contributed by atoms with Crippen LogP contribution in [-0.4, -0.2) is 80.9 Å². The zero-order valence-electron chi connectivity index (χ0n) is 22.8. The number of hydrogen-bond donors (Lipinski definition) is 3. The number of carbonyl (C=O) groups is 1. The van der Waals surface area contributed by atoms with Gasteiger partial charge in [-0.25, -0.2) is 13.4 Å². The Hall–Kier alpha value is -3.05. The lowest BCUT2D eigenvalue weighted by molar-refractivity contribution is -0.127. The van der Waals surface area contributed by atoms with Crippen LogP contribution in [-0.2, 0) is 14.8 Å². The van der Waals surface area contributed by atoms with Crippen LogP contribution in [0.1, 0.15) is 38.2 Å². The average molecular weight is 554 g/mol. The zero-order valence-corrected chi connectivity index (χ0v) is 23.6. The lowest BCUT2D eigenvalue weighted by Gasteiger charge is -2.36. The van der Waals surface area contributed by atoms with Crippen molar-refractivity contribution >= 4 is 33.5 Å². The van der Waals surface area contributed by atoms with Crippen molar-refractivity contribution in [1.29, 1.82) is 0 Å². The SMILES string of the molecule is CCCN(CCCCNC)C(=O)C1=Cc2ccc(-c3cccc(S(=O)(=O)N4CC(CO)C4)c3)cc2N=C(N)C1. The Labute approximate surface area is 231 Å². The fourth-order valence-corrected chi connectivity index (χ4v) is 6.56. The van der Waals surface area contributed by atoms with Gasteiger partial charge in [-0.2, -0.15) is 4.31 Å². The number of hydrogen-bond acceptors (Lipinski definition) is 7. The molecular formula is C29H39N5O4S. The summed E-state index contributed by atoms with van der Waals surface area (Å²) in [6, 6.07) is 12.5. The first-order valence-electron chi connectivity index (χ1n) is 13.6. The predicted molar refractivity (Wildman–Crippen MR) is 155 cm³/mol. The van der Waals surface area contributed by atoms with E-state index in [1.807, 2.05) is 42.3 Å². The molecule has 1 fully saturated rings. The topological polar surface area (TPSA) is 128 Å². The van der Waals surface area contributed by atoms with Gasteiger partial charge in [-0.3, -0.25) is 4.79 Å². The van der Waals surface area contributed by atoms with Crippen molar-refractivity contribution in [3.63, 3.8) is 0 Å². The van der Waals surface area contributed by atoms with Gasteiger partial charge in [0.15, 0.2) is 0 Å². The summed E-state index contributed by atoms with van der Waals surface area (Å²) in [6.45, 7) is 5.02. The lowest BCUT2D eigenvalue weighted by atomic mass is 10.0. The van der Waals surface area contributed by atoms with Crippen molar-refractivity contribution in [3.8, 4) is 11.1 Å². The highest BCUT2D eigenvalue weighted by Crippen LogP contribution is 2.34. The van der Waals surface area contributed by atoms with Gasteiger partial charge in [0.05, 0.1) is 10.6 Å². The molecule has 2 aromatic rings. The maximum absolute atomic E-state index is 13.5. The summed E-state index contributed by atoms with van der Waals surface area (Å²) in [6.07, 6.45) is 4.96. The molecule has 39 heavy (non-hydrogen) atoms. The van der Waals surface area contributed by atoms with E-state index < -0.39 is 10.0 Å². The van der Waals surface area contributed by atoms with Crippen molar-refractivity contribution < 1.29 is 18.3 Å². The number of nitrogens with zero attached hydrogens (tertiary/aromatic N) is 3. The number of fused-ring (bicyclic) bond motifs is 1. The number of amidine groups is 1. The second-order valence-corrected chi connectivity index (χ2v) is 12.2. The van der Waals surface area contributed by atoms with E-state index >= 15 is 0 Å². The van der Waals surface area contributed by atoms with Crippen LogP contribution in [0.4, 0.5) is 5.69 Å². The molecule has 2 aliphatic rings. The van der Waals surface area contributed by atoms with Gasteiger partial charge in [-0.1, -0.05) is 31.2 Å². The number of carbonyl (C=O) groups excluding carboxylic acids is 1. The fraction of sp³-hybridized carbons (Fsp3) is 0.448. The molecule has 2 aromatic carbocycles. The van der Waals surface area contributed by atoms with Crippen LogP contribution < -0.4 is 11.1 Å². The fourth-order valence-electron chi connectivity index (χ4n) is 4.92. The van der Waals surface area contributed by atoms with Crippen molar-refractivity contribution in [1.82, 2.24) is 14.5 Å². The first kappa shape index (κ1) is 28.9. The minimum Gasteiger partial charge on any atom is -0.396 e. The van der Waals surface area contributed by atoms with Gasteiger partial charge in [0.25, 0.3) is 0 Å². The standard InChI is InChI=1S/C29H39N5O4S/c1-3-12-33(13-5-4-11-31-2)29(36)25-14-24-10-9-23(16-27(24)32-28(30)17-25)22-7-6-8-26(15-22)39(37,38)34-18-21(19-34)20-35/h6-10,14-16,21,31,35H,3-5,11-13,17-20H2,1-2H3,(H2,30,32). The summed E-state index contributed by atoms with van der Waals surface area (Å²) in [5, 5.41) is 12.4. The highest BCUT2D eigenvalue weighted by molar-refractivity contribution is 7.89. The van der Waals surface area contributed by atoms with Gasteiger partial charge < -0.3 is 21.1 Å². The molecular weight excluding hydrogens is 514 g/mol. The number of rotatable bonds is 12. The molecule has 0 radical (unpaired) electrons. The van der Waals surface area contributed by atoms with Gasteiger partial charge in [-0.15, -0.1) is 0 Å². The third-order valence-electron chi connectivity index (χ3n) is 7.14. The third-order valence-corrected chi connectivity index (χ3v) is 8.97. The number of aliphatic hydroxyl groups excluding tert-OH is 1. The quantitative estimate of drug-likeness (QED) is 0.347. The van der Waals surface area contributed by atoms with E-state index in [1.54, 1.807) is 18.2 Å². The Kier molecular flexibility index (Phi) is 9.55. The van der Waals surface area contributed by atoms with E-state index in [0.29, 0.717) is 43.3 Å². The summed E-state index contributed by atoms with van der Waals surface area (Å²) in [5.74, 6) is 0.349. The van der Waals surface area contributed by atoms with Gasteiger partial charge in [0, 0.05) is 56.3 Å². The molecule has 4 rings (SSSR count). The second kappa shape index (κ2) is 12.9. The molecule has 0 bridgehead atoms. The van der Waals surface area contributed by atoms with Crippen molar-refractivity contribution in [2.45, 2.75) is 37.5 Å². The monoisotopic (exact) mass is 553 g/mol. The van der Waals surface area contributed by atoms with E-state index in [0.717, 1.165) is 42.5 Å². The smallest absolute Gasteiger partial charge is 0.250 e. The number of nitrogens with two attached hydrogens (primary N) is 1. The first-order chi connectivity index (χ1) is 18.8. The highest BCUT2D eigenvalue weighted by atomic mass is 32.2. The van der Waals surface area contributed by atoms with Gasteiger partial charge in [0.2, 0.25) is 15.9 Å². The summed E-state index contributed by atoms with van der Waals surface area (Å²) in [7, 11) is -1.70. The van der Waals surface area contributed by atoms with Crippen LogP contribution in [0.2, 0.25) is 0 Å². The molecule has 0 aromatic heterocycles. The molecule has 0 unspecified atom stereocenters. The van der Waals surface area contributed by atoms with Crippen LogP contribution >= 0.6 is 0 Å². The average Bonchev–Trinajstić information content (AvgIpc) is 3.06. The molecule has 210 valence electrons. The number of nitrogens with one attached hydrogen (secondary N) is 1. The molecule has 2 heterocycles. The molecule has 0 aliphatic carbocycles. The predicted octanol–water partition coefficient (Wildman–Crippen LogP) is 2.98. The number of unbranched alkanes of at least 4 members (excludes halogenated alkanes) is 1. The Morgan fingerprint density at radius 3 is 2.64 bits per heavy atom. The summed E-state index contributed by atoms with van der Waals surface area (Å²) >= 11 is 0. The zero-order chi connectivity index (χ0) is 28.0. The number of sulfonamides is 1. The van der Waals surface area contributed by atoms with Crippen LogP contribution in [0, 0.1) is 5.92 Å². The van der Waals surface area contributed by atoms with E-state index in [4.69, 9.17) is 5.73 Å². The molecule has 0 spiro atoms. The second-order valence-electron chi connectivity index (χ2n) is 10.2. The Bertz CT molecular complexity index is 1350. The normalized spacial score (nSPS) is 16.1. The van der Waals surface area contributed by atoms with Gasteiger partial charge in [-0.05, 0) is 68.3 Å². The van der Waals surface area contributed by atoms with Gasteiger partial charge in [0.1, 0.15) is 5.84 Å². The molecule has 4 N–H and O–H groups in total. The molecule has 10 heteroatoms. The Morgan fingerprint density at radius 2 is 1.92 bits per heavy atom. The van der Waals surface area contributed by atoms with E-state index in [1.165, 1.54) is 4.31 Å². The molecule has 9 nitrogen and oxygen atoms in total.